The third-order valence-corrected chi connectivity index (χ3v) is 5.94. The number of nitrogens with one attached hydrogen (secondary N) is 3. The molecule has 4 aromatic heterocycles. The number of rotatable bonds is 7. The Morgan fingerprint density at radius 2 is 2.09 bits per heavy atom. The normalized spacial score (nSPS) is 17.2. The summed E-state index contributed by atoms with van der Waals surface area (Å²) in [6, 6.07) is 8.68. The zero-order valence-electron chi connectivity index (χ0n) is 18.7. The Bertz CT molecular complexity index is 1400. The molecule has 4 aromatic rings. The fourth-order valence-electron chi connectivity index (χ4n) is 3.95. The predicted octanol–water partition coefficient (Wildman–Crippen LogP) is 1.97. The first-order valence-electron chi connectivity index (χ1n) is 10.9. The van der Waals surface area contributed by atoms with Gasteiger partial charge in [0.25, 0.3) is 11.5 Å². The Balaban J connectivity index is 1.48. The summed E-state index contributed by atoms with van der Waals surface area (Å²) in [5.41, 5.74) is 1.42. The number of carbonyl (C=O) groups excluding carboxylic acids is 1. The van der Waals surface area contributed by atoms with Gasteiger partial charge in [0.2, 0.25) is 0 Å². The molecule has 34 heavy (non-hydrogen) atoms. The van der Waals surface area contributed by atoms with E-state index in [0.717, 1.165) is 12.8 Å². The summed E-state index contributed by atoms with van der Waals surface area (Å²) < 4.78 is 8.42. The van der Waals surface area contributed by atoms with E-state index in [2.05, 4.69) is 31.0 Å². The van der Waals surface area contributed by atoms with E-state index in [1.54, 1.807) is 67.6 Å². The van der Waals surface area contributed by atoms with Crippen LogP contribution in [-0.2, 0) is 4.74 Å². The van der Waals surface area contributed by atoms with Gasteiger partial charge < -0.3 is 20.7 Å². The van der Waals surface area contributed by atoms with Gasteiger partial charge in [0, 0.05) is 32.6 Å². The Hall–Kier alpha value is -4.25. The molecule has 3 N–H and O–H groups in total. The van der Waals surface area contributed by atoms with Crippen molar-refractivity contribution in [2.75, 3.05) is 24.8 Å². The third-order valence-electron chi connectivity index (χ3n) is 5.94. The maximum Gasteiger partial charge on any atom is 0.278 e. The third kappa shape index (κ3) is 3.86. The number of carbonyl (C=O) groups is 1. The standard InChI is InChI=1S/C23H24N8O3/c1-24-20-11-19(27-17-6-4-10-30(23(17)33)14-5-3-9-25-12-14)29-21-15(13-26-31(20)21)22(32)28-16-7-8-18(16)34-2/h3-6,9-13,16,18,24H,7-8H2,1-2H3,(H,27,29)(H,28,32)/t16-,18-/m0/s1. The van der Waals surface area contributed by atoms with Crippen LogP contribution in [0.5, 0.6) is 0 Å². The van der Waals surface area contributed by atoms with E-state index in [1.807, 2.05) is 0 Å². The van der Waals surface area contributed by atoms with Crippen LogP contribution in [0.2, 0.25) is 0 Å². The van der Waals surface area contributed by atoms with Crippen molar-refractivity contribution in [1.29, 1.82) is 0 Å². The number of pyridine rings is 2. The van der Waals surface area contributed by atoms with E-state index in [0.29, 0.717) is 34.2 Å². The number of amides is 1. The molecule has 0 spiro atoms. The van der Waals surface area contributed by atoms with Crippen molar-refractivity contribution < 1.29 is 9.53 Å². The van der Waals surface area contributed by atoms with Gasteiger partial charge in [-0.25, -0.2) is 4.98 Å². The number of hydrogen-bond acceptors (Lipinski definition) is 8. The molecule has 1 amide bonds. The van der Waals surface area contributed by atoms with E-state index < -0.39 is 0 Å². The summed E-state index contributed by atoms with van der Waals surface area (Å²) in [6.07, 6.45) is 8.22. The Morgan fingerprint density at radius 3 is 2.79 bits per heavy atom. The molecule has 1 saturated carbocycles. The molecule has 4 heterocycles. The van der Waals surface area contributed by atoms with Gasteiger partial charge in [-0.05, 0) is 37.1 Å². The van der Waals surface area contributed by atoms with Gasteiger partial charge in [0.1, 0.15) is 22.9 Å². The van der Waals surface area contributed by atoms with Crippen LogP contribution in [0.4, 0.5) is 17.3 Å². The van der Waals surface area contributed by atoms with Gasteiger partial charge in [-0.2, -0.15) is 9.61 Å². The molecule has 0 aliphatic heterocycles. The molecule has 174 valence electrons. The summed E-state index contributed by atoms with van der Waals surface area (Å²) >= 11 is 0. The molecule has 0 radical (unpaired) electrons. The zero-order chi connectivity index (χ0) is 23.7. The lowest BCUT2D eigenvalue weighted by Crippen LogP contribution is -2.51. The van der Waals surface area contributed by atoms with Crippen LogP contribution in [-0.4, -0.2) is 56.4 Å². The van der Waals surface area contributed by atoms with Gasteiger partial charge in [-0.1, -0.05) is 0 Å². The van der Waals surface area contributed by atoms with Crippen molar-refractivity contribution in [1.82, 2.24) is 29.5 Å². The van der Waals surface area contributed by atoms with E-state index in [1.165, 1.54) is 10.8 Å². The minimum Gasteiger partial charge on any atom is -0.379 e. The minimum absolute atomic E-state index is 0.0175. The summed E-state index contributed by atoms with van der Waals surface area (Å²) in [4.78, 5) is 34.7. The van der Waals surface area contributed by atoms with Gasteiger partial charge in [0.15, 0.2) is 5.65 Å². The van der Waals surface area contributed by atoms with Crippen molar-refractivity contribution in [2.45, 2.75) is 25.0 Å². The SMILES string of the molecule is CNc1cc(Nc2cccn(-c3cccnc3)c2=O)nc2c(C(=O)N[C@H]3CC[C@@H]3OC)cnn12. The topological polar surface area (TPSA) is 127 Å². The van der Waals surface area contributed by atoms with Crippen LogP contribution in [0, 0.1) is 0 Å². The Morgan fingerprint density at radius 1 is 1.21 bits per heavy atom. The minimum atomic E-state index is -0.271. The molecule has 1 fully saturated rings. The second kappa shape index (κ2) is 8.94. The molecule has 5 rings (SSSR count). The number of hydrogen-bond donors (Lipinski definition) is 3. The molecule has 2 atom stereocenters. The summed E-state index contributed by atoms with van der Waals surface area (Å²) in [5, 5.41) is 13.5. The predicted molar refractivity (Wildman–Crippen MR) is 127 cm³/mol. The highest BCUT2D eigenvalue weighted by atomic mass is 16.5. The summed E-state index contributed by atoms with van der Waals surface area (Å²) in [6.45, 7) is 0. The molecule has 0 bridgehead atoms. The monoisotopic (exact) mass is 460 g/mol. The maximum atomic E-state index is 13.1. The number of nitrogens with zero attached hydrogens (tertiary/aromatic N) is 5. The fourth-order valence-corrected chi connectivity index (χ4v) is 3.95. The van der Waals surface area contributed by atoms with Crippen molar-refractivity contribution in [3.8, 4) is 5.69 Å². The van der Waals surface area contributed by atoms with E-state index >= 15 is 0 Å². The van der Waals surface area contributed by atoms with E-state index in [-0.39, 0.29) is 23.6 Å². The summed E-state index contributed by atoms with van der Waals surface area (Å²) in [7, 11) is 3.39. The number of ether oxygens (including phenoxy) is 1. The average Bonchev–Trinajstić information content (AvgIpc) is 3.27. The lowest BCUT2D eigenvalue weighted by molar-refractivity contribution is 0.00732. The fraction of sp³-hybridized carbons (Fsp3) is 0.261. The molecular weight excluding hydrogens is 436 g/mol. The van der Waals surface area contributed by atoms with Crippen LogP contribution >= 0.6 is 0 Å². The molecule has 0 aromatic carbocycles. The molecule has 1 aliphatic rings. The lowest BCUT2D eigenvalue weighted by Gasteiger charge is -2.35. The van der Waals surface area contributed by atoms with Crippen LogP contribution in [0.3, 0.4) is 0 Å². The molecule has 1 aliphatic carbocycles. The van der Waals surface area contributed by atoms with Gasteiger partial charge in [-0.3, -0.25) is 19.1 Å². The Kier molecular flexibility index (Phi) is 5.68. The van der Waals surface area contributed by atoms with Crippen LogP contribution in [0.1, 0.15) is 23.2 Å². The smallest absolute Gasteiger partial charge is 0.278 e. The summed E-state index contributed by atoms with van der Waals surface area (Å²) in [5.74, 6) is 0.728. The zero-order valence-corrected chi connectivity index (χ0v) is 18.7. The molecule has 0 saturated heterocycles. The van der Waals surface area contributed by atoms with Crippen molar-refractivity contribution in [2.24, 2.45) is 0 Å². The van der Waals surface area contributed by atoms with Crippen LogP contribution in [0.25, 0.3) is 11.3 Å². The first kappa shape index (κ1) is 21.6. The number of methoxy groups -OCH3 is 1. The number of fused-ring (bicyclic) bond motifs is 1. The molecule has 0 unspecified atom stereocenters. The van der Waals surface area contributed by atoms with Crippen molar-refractivity contribution in [3.05, 3.63) is 71.0 Å². The highest BCUT2D eigenvalue weighted by molar-refractivity contribution is 6.00. The maximum absolute atomic E-state index is 13.1. The number of aromatic nitrogens is 5. The van der Waals surface area contributed by atoms with Crippen molar-refractivity contribution >= 4 is 28.9 Å². The van der Waals surface area contributed by atoms with Crippen molar-refractivity contribution in [3.63, 3.8) is 0 Å². The van der Waals surface area contributed by atoms with Crippen LogP contribution in [0.15, 0.2) is 59.9 Å². The van der Waals surface area contributed by atoms with Gasteiger partial charge in [0.05, 0.1) is 30.2 Å². The quantitative estimate of drug-likeness (QED) is 0.382. The van der Waals surface area contributed by atoms with Gasteiger partial charge >= 0.3 is 0 Å². The largest absolute Gasteiger partial charge is 0.379 e. The second-order valence-electron chi connectivity index (χ2n) is 7.93. The van der Waals surface area contributed by atoms with E-state index in [4.69, 9.17) is 4.74 Å². The first-order valence-corrected chi connectivity index (χ1v) is 10.9. The first-order chi connectivity index (χ1) is 16.6. The highest BCUT2D eigenvalue weighted by Gasteiger charge is 2.33. The number of anilines is 3. The van der Waals surface area contributed by atoms with Gasteiger partial charge in [-0.15, -0.1) is 0 Å². The second-order valence-corrected chi connectivity index (χ2v) is 7.93. The Labute approximate surface area is 194 Å². The lowest BCUT2D eigenvalue weighted by atomic mass is 9.89. The highest BCUT2D eigenvalue weighted by Crippen LogP contribution is 2.24. The average molecular weight is 460 g/mol. The molecular formula is C23H24N8O3. The van der Waals surface area contributed by atoms with Crippen LogP contribution < -0.4 is 21.5 Å². The molecule has 11 nitrogen and oxygen atoms in total. The molecule has 11 heteroatoms. The van der Waals surface area contributed by atoms with E-state index in [9.17, 15) is 9.59 Å².